The molecule has 3 aromatic rings. The molecule has 38 heavy (non-hydrogen) atoms. The predicted octanol–water partition coefficient (Wildman–Crippen LogP) is 5.72. The third kappa shape index (κ3) is 7.50. The van der Waals surface area contributed by atoms with Crippen LogP contribution in [0.3, 0.4) is 0 Å². The van der Waals surface area contributed by atoms with Gasteiger partial charge in [0.15, 0.2) is 0 Å². The molecule has 9 heteroatoms. The molecule has 0 saturated carbocycles. The van der Waals surface area contributed by atoms with Gasteiger partial charge in [0.25, 0.3) is 5.91 Å². The molecule has 0 aliphatic carbocycles. The largest absolute Gasteiger partial charge is 0.497 e. The monoisotopic (exact) mass is 522 g/mol. The van der Waals surface area contributed by atoms with E-state index in [2.05, 4.69) is 36.9 Å². The number of rotatable bonds is 7. The maximum Gasteiger partial charge on any atom is 0.426 e. The maximum absolute atomic E-state index is 13.1. The summed E-state index contributed by atoms with van der Waals surface area (Å²) in [6.07, 6.45) is -0.763. The van der Waals surface area contributed by atoms with Gasteiger partial charge < -0.3 is 19.5 Å². The second kappa shape index (κ2) is 11.6. The molecule has 0 fully saturated rings. The van der Waals surface area contributed by atoms with Gasteiger partial charge >= 0.3 is 6.09 Å². The number of hydrazine groups is 1. The molecule has 204 valence electrons. The minimum absolute atomic E-state index is 0.139. The molecule has 0 aliphatic heterocycles. The van der Waals surface area contributed by atoms with Crippen LogP contribution < -0.4 is 25.6 Å². The summed E-state index contributed by atoms with van der Waals surface area (Å²) in [5.74, 6) is 0.928. The second-order valence-corrected chi connectivity index (χ2v) is 10.9. The SMILES string of the molecule is CCOc1cc(C(C)(C)C)c2nc(C(=O)NNC(=O)OC(C)(C)C)cc(NCc3ccc(OC)cc3)c2c1. The highest BCUT2D eigenvalue weighted by atomic mass is 16.6. The molecule has 0 radical (unpaired) electrons. The fraction of sp³-hybridized carbons (Fsp3) is 0.414. The number of nitrogens with zero attached hydrogens (tertiary/aromatic N) is 1. The van der Waals surface area contributed by atoms with E-state index < -0.39 is 17.6 Å². The fourth-order valence-electron chi connectivity index (χ4n) is 3.80. The van der Waals surface area contributed by atoms with Gasteiger partial charge in [0.1, 0.15) is 22.8 Å². The number of hydrogen-bond acceptors (Lipinski definition) is 7. The third-order valence-electron chi connectivity index (χ3n) is 5.56. The van der Waals surface area contributed by atoms with Gasteiger partial charge in [-0.25, -0.2) is 15.2 Å². The van der Waals surface area contributed by atoms with Crippen molar-refractivity contribution >= 4 is 28.6 Å². The van der Waals surface area contributed by atoms with E-state index in [4.69, 9.17) is 19.2 Å². The summed E-state index contributed by atoms with van der Waals surface area (Å²) in [6.45, 7) is 14.4. The number of anilines is 1. The lowest BCUT2D eigenvalue weighted by molar-refractivity contribution is 0.0483. The molecular weight excluding hydrogens is 484 g/mol. The Balaban J connectivity index is 2.03. The van der Waals surface area contributed by atoms with Crippen LogP contribution in [0.4, 0.5) is 10.5 Å². The van der Waals surface area contributed by atoms with Gasteiger partial charge in [-0.15, -0.1) is 0 Å². The number of methoxy groups -OCH3 is 1. The standard InChI is InChI=1S/C29H38N4O5/c1-9-37-20-14-21-23(30-17-18-10-12-19(36-8)13-11-18)16-24(31-25(21)22(15-20)28(2,3)4)26(34)32-33-27(35)38-29(5,6)7/h10-16H,9,17H2,1-8H3,(H,30,31)(H,32,34)(H,33,35). The Morgan fingerprint density at radius 1 is 0.921 bits per heavy atom. The smallest absolute Gasteiger partial charge is 0.426 e. The zero-order valence-corrected chi connectivity index (χ0v) is 23.4. The summed E-state index contributed by atoms with van der Waals surface area (Å²) in [6, 6.07) is 13.3. The zero-order valence-electron chi connectivity index (χ0n) is 23.4. The molecular formula is C29H38N4O5. The predicted molar refractivity (Wildman–Crippen MR) is 149 cm³/mol. The molecule has 0 saturated heterocycles. The molecule has 0 atom stereocenters. The van der Waals surface area contributed by atoms with Crippen molar-refractivity contribution in [2.24, 2.45) is 0 Å². The number of hydrogen-bond donors (Lipinski definition) is 3. The Morgan fingerprint density at radius 2 is 1.61 bits per heavy atom. The number of amides is 2. The van der Waals surface area contributed by atoms with Crippen LogP contribution in [0.2, 0.25) is 0 Å². The van der Waals surface area contributed by atoms with E-state index in [-0.39, 0.29) is 11.1 Å². The lowest BCUT2D eigenvalue weighted by Crippen LogP contribution is -2.44. The first-order chi connectivity index (χ1) is 17.8. The number of benzene rings is 2. The minimum Gasteiger partial charge on any atom is -0.497 e. The topological polar surface area (TPSA) is 111 Å². The lowest BCUT2D eigenvalue weighted by Gasteiger charge is -2.24. The summed E-state index contributed by atoms with van der Waals surface area (Å²) >= 11 is 0. The first-order valence-electron chi connectivity index (χ1n) is 12.6. The quantitative estimate of drug-likeness (QED) is 0.340. The van der Waals surface area contributed by atoms with E-state index in [0.29, 0.717) is 24.4 Å². The first kappa shape index (κ1) is 28.6. The third-order valence-corrected chi connectivity index (χ3v) is 5.56. The van der Waals surface area contributed by atoms with Crippen molar-refractivity contribution in [2.45, 2.75) is 66.0 Å². The summed E-state index contributed by atoms with van der Waals surface area (Å²) in [4.78, 5) is 29.9. The zero-order chi connectivity index (χ0) is 28.1. The van der Waals surface area contributed by atoms with Crippen LogP contribution in [0.15, 0.2) is 42.5 Å². The van der Waals surface area contributed by atoms with Crippen molar-refractivity contribution in [3.05, 3.63) is 59.3 Å². The highest BCUT2D eigenvalue weighted by Crippen LogP contribution is 2.36. The molecule has 0 bridgehead atoms. The van der Waals surface area contributed by atoms with E-state index in [9.17, 15) is 9.59 Å². The van der Waals surface area contributed by atoms with Crippen molar-refractivity contribution in [1.29, 1.82) is 0 Å². The molecule has 2 aromatic carbocycles. The van der Waals surface area contributed by atoms with Crippen LogP contribution in [0.5, 0.6) is 11.5 Å². The highest BCUT2D eigenvalue weighted by molar-refractivity contribution is 6.01. The first-order valence-corrected chi connectivity index (χ1v) is 12.6. The number of fused-ring (bicyclic) bond motifs is 1. The Labute approximate surface area is 224 Å². The van der Waals surface area contributed by atoms with Gasteiger partial charge in [-0.3, -0.25) is 10.2 Å². The van der Waals surface area contributed by atoms with Crippen molar-refractivity contribution < 1.29 is 23.8 Å². The Bertz CT molecular complexity index is 1290. The van der Waals surface area contributed by atoms with Crippen LogP contribution in [-0.4, -0.2) is 36.3 Å². The van der Waals surface area contributed by atoms with Crippen LogP contribution >= 0.6 is 0 Å². The number of aromatic nitrogens is 1. The van der Waals surface area contributed by atoms with Crippen LogP contribution in [0.25, 0.3) is 10.9 Å². The molecule has 9 nitrogen and oxygen atoms in total. The van der Waals surface area contributed by atoms with Gasteiger partial charge in [0.2, 0.25) is 0 Å². The van der Waals surface area contributed by atoms with Crippen molar-refractivity contribution in [1.82, 2.24) is 15.8 Å². The van der Waals surface area contributed by atoms with Crippen LogP contribution in [-0.2, 0) is 16.7 Å². The van der Waals surface area contributed by atoms with E-state index in [1.807, 2.05) is 43.3 Å². The van der Waals surface area contributed by atoms with Gasteiger partial charge in [-0.05, 0) is 74.6 Å². The van der Waals surface area contributed by atoms with E-state index in [1.165, 1.54) is 0 Å². The van der Waals surface area contributed by atoms with E-state index >= 15 is 0 Å². The van der Waals surface area contributed by atoms with E-state index in [0.717, 1.165) is 28.0 Å². The molecule has 3 rings (SSSR count). The van der Waals surface area contributed by atoms with Crippen molar-refractivity contribution in [2.75, 3.05) is 19.0 Å². The fourth-order valence-corrected chi connectivity index (χ4v) is 3.80. The molecule has 0 spiro atoms. The number of ether oxygens (including phenoxy) is 3. The van der Waals surface area contributed by atoms with Crippen LogP contribution in [0, 0.1) is 0 Å². The van der Waals surface area contributed by atoms with Gasteiger partial charge in [-0.1, -0.05) is 32.9 Å². The molecule has 3 N–H and O–H groups in total. The summed E-state index contributed by atoms with van der Waals surface area (Å²) in [5, 5.41) is 4.28. The Hall–Kier alpha value is -4.01. The highest BCUT2D eigenvalue weighted by Gasteiger charge is 2.23. The van der Waals surface area contributed by atoms with Crippen molar-refractivity contribution in [3.63, 3.8) is 0 Å². The van der Waals surface area contributed by atoms with Gasteiger partial charge in [0.05, 0.1) is 19.2 Å². The van der Waals surface area contributed by atoms with Gasteiger partial charge in [0, 0.05) is 17.6 Å². The lowest BCUT2D eigenvalue weighted by atomic mass is 9.85. The molecule has 2 amide bonds. The van der Waals surface area contributed by atoms with Gasteiger partial charge in [-0.2, -0.15) is 0 Å². The second-order valence-electron chi connectivity index (χ2n) is 10.9. The Morgan fingerprint density at radius 3 is 2.18 bits per heavy atom. The average Bonchev–Trinajstić information content (AvgIpc) is 2.84. The molecule has 0 aliphatic rings. The number of nitrogens with one attached hydrogen (secondary N) is 3. The number of carbonyl (C=O) groups is 2. The summed E-state index contributed by atoms with van der Waals surface area (Å²) in [5.41, 5.74) is 7.19. The van der Waals surface area contributed by atoms with Crippen molar-refractivity contribution in [3.8, 4) is 11.5 Å². The minimum atomic E-state index is -0.763. The molecule has 1 heterocycles. The molecule has 0 unspecified atom stereocenters. The average molecular weight is 523 g/mol. The number of pyridine rings is 1. The number of carbonyl (C=O) groups excluding carboxylic acids is 2. The Kier molecular flexibility index (Phi) is 8.70. The normalized spacial score (nSPS) is 11.6. The van der Waals surface area contributed by atoms with E-state index in [1.54, 1.807) is 33.9 Å². The summed E-state index contributed by atoms with van der Waals surface area (Å²) in [7, 11) is 1.63. The van der Waals surface area contributed by atoms with Crippen LogP contribution in [0.1, 0.15) is 70.1 Å². The molecule has 1 aromatic heterocycles. The summed E-state index contributed by atoms with van der Waals surface area (Å²) < 4.78 is 16.3. The maximum atomic E-state index is 13.1.